The van der Waals surface area contributed by atoms with Gasteiger partial charge in [0.2, 0.25) is 10.0 Å². The summed E-state index contributed by atoms with van der Waals surface area (Å²) in [4.78, 5) is 24.4. The number of nitrogens with one attached hydrogen (secondary N) is 3. The number of anilines is 2. The van der Waals surface area contributed by atoms with Gasteiger partial charge in [0.15, 0.2) is 11.5 Å². The van der Waals surface area contributed by atoms with Crippen LogP contribution in [0.3, 0.4) is 0 Å². The zero-order valence-corrected chi connectivity index (χ0v) is 19.5. The number of methoxy groups -OCH3 is 1. The smallest absolute Gasteiger partial charge is 0.261 e. The van der Waals surface area contributed by atoms with E-state index in [-0.39, 0.29) is 11.4 Å². The van der Waals surface area contributed by atoms with E-state index in [1.807, 2.05) is 10.8 Å². The third kappa shape index (κ3) is 5.22. The van der Waals surface area contributed by atoms with Crippen molar-refractivity contribution in [3.8, 4) is 17.1 Å². The Labute approximate surface area is 199 Å². The molecule has 0 saturated carbocycles. The number of benzene rings is 2. The SMILES string of the molecule is CCCS(=O)(=O)Nc1ccc(F)c(C(=O)Nc2cnc3[nH]c(-c4cccc(OC)c4)nc3c2)c1F. The van der Waals surface area contributed by atoms with Gasteiger partial charge in [-0.15, -0.1) is 0 Å². The number of rotatable bonds is 8. The monoisotopic (exact) mass is 501 g/mol. The Kier molecular flexibility index (Phi) is 6.65. The molecule has 0 fully saturated rings. The number of hydrogen-bond acceptors (Lipinski definition) is 6. The van der Waals surface area contributed by atoms with Gasteiger partial charge in [-0.3, -0.25) is 9.52 Å². The Morgan fingerprint density at radius 1 is 1.17 bits per heavy atom. The molecule has 0 aliphatic rings. The Hall–Kier alpha value is -4.06. The number of aromatic amines is 1. The first-order valence-corrected chi connectivity index (χ1v) is 12.2. The van der Waals surface area contributed by atoms with Crippen LogP contribution >= 0.6 is 0 Å². The molecule has 0 bridgehead atoms. The van der Waals surface area contributed by atoms with Crippen LogP contribution in [0.5, 0.6) is 5.75 Å². The molecule has 2 aromatic heterocycles. The largest absolute Gasteiger partial charge is 0.497 e. The Bertz CT molecular complexity index is 1520. The number of aromatic nitrogens is 3. The quantitative estimate of drug-likeness (QED) is 0.330. The third-order valence-corrected chi connectivity index (χ3v) is 6.47. The molecule has 0 spiro atoms. The molecule has 3 N–H and O–H groups in total. The maximum absolute atomic E-state index is 14.9. The van der Waals surface area contributed by atoms with E-state index in [4.69, 9.17) is 4.74 Å². The first kappa shape index (κ1) is 24.1. The zero-order valence-electron chi connectivity index (χ0n) is 18.7. The first-order valence-electron chi connectivity index (χ1n) is 10.5. The number of pyridine rings is 1. The highest BCUT2D eigenvalue weighted by atomic mass is 32.2. The summed E-state index contributed by atoms with van der Waals surface area (Å²) >= 11 is 0. The Balaban J connectivity index is 1.60. The fourth-order valence-electron chi connectivity index (χ4n) is 3.39. The van der Waals surface area contributed by atoms with E-state index in [1.165, 1.54) is 12.3 Å². The molecule has 12 heteroatoms. The molecule has 0 aliphatic heterocycles. The molecule has 0 aliphatic carbocycles. The minimum atomic E-state index is -3.84. The summed E-state index contributed by atoms with van der Waals surface area (Å²) in [6.45, 7) is 1.64. The van der Waals surface area contributed by atoms with Gasteiger partial charge in [-0.05, 0) is 36.8 Å². The molecule has 35 heavy (non-hydrogen) atoms. The number of ether oxygens (including phenoxy) is 1. The average molecular weight is 502 g/mol. The lowest BCUT2D eigenvalue weighted by molar-refractivity contribution is 0.101. The highest BCUT2D eigenvalue weighted by molar-refractivity contribution is 7.92. The number of amides is 1. The molecule has 1 amide bonds. The second-order valence-corrected chi connectivity index (χ2v) is 9.41. The fourth-order valence-corrected chi connectivity index (χ4v) is 4.52. The number of sulfonamides is 1. The van der Waals surface area contributed by atoms with Crippen LogP contribution in [0.25, 0.3) is 22.6 Å². The first-order chi connectivity index (χ1) is 16.7. The summed E-state index contributed by atoms with van der Waals surface area (Å²) in [5, 5.41) is 2.38. The van der Waals surface area contributed by atoms with Crippen LogP contribution in [0.15, 0.2) is 48.7 Å². The average Bonchev–Trinajstić information content (AvgIpc) is 3.24. The molecule has 2 heterocycles. The molecule has 4 aromatic rings. The molecule has 0 saturated heterocycles. The van der Waals surface area contributed by atoms with Crippen molar-refractivity contribution in [2.24, 2.45) is 0 Å². The predicted molar refractivity (Wildman–Crippen MR) is 128 cm³/mol. The number of carbonyl (C=O) groups excluding carboxylic acids is 1. The summed E-state index contributed by atoms with van der Waals surface area (Å²) < 4.78 is 60.5. The minimum Gasteiger partial charge on any atom is -0.497 e. The van der Waals surface area contributed by atoms with E-state index in [0.29, 0.717) is 29.2 Å². The van der Waals surface area contributed by atoms with Gasteiger partial charge < -0.3 is 15.0 Å². The minimum absolute atomic E-state index is 0.141. The summed E-state index contributed by atoms with van der Waals surface area (Å²) in [7, 11) is -2.29. The number of fused-ring (bicyclic) bond motifs is 1. The predicted octanol–water partition coefficient (Wildman–Crippen LogP) is 4.32. The standard InChI is InChI=1S/C23H21F2N5O4S/c1-3-9-35(32,33)30-17-8-7-16(24)19(20(17)25)23(31)27-14-11-18-22(26-12-14)29-21(28-18)13-5-4-6-15(10-13)34-2/h4-8,10-12,30H,3,9H2,1-2H3,(H,27,31)(H,26,28,29). The number of nitrogens with zero attached hydrogens (tertiary/aromatic N) is 2. The zero-order chi connectivity index (χ0) is 25.2. The summed E-state index contributed by atoms with van der Waals surface area (Å²) in [6.07, 6.45) is 1.60. The van der Waals surface area contributed by atoms with Crippen molar-refractivity contribution in [2.45, 2.75) is 13.3 Å². The van der Waals surface area contributed by atoms with Crippen molar-refractivity contribution in [1.29, 1.82) is 0 Å². The number of imidazole rings is 1. The third-order valence-electron chi connectivity index (χ3n) is 4.99. The Morgan fingerprint density at radius 3 is 2.71 bits per heavy atom. The van der Waals surface area contributed by atoms with Crippen LogP contribution in [0.2, 0.25) is 0 Å². The molecule has 0 radical (unpaired) electrons. The summed E-state index contributed by atoms with van der Waals surface area (Å²) in [5.41, 5.74) is 0.282. The van der Waals surface area contributed by atoms with E-state index < -0.39 is 38.8 Å². The van der Waals surface area contributed by atoms with Gasteiger partial charge in [-0.1, -0.05) is 19.1 Å². The summed E-state index contributed by atoms with van der Waals surface area (Å²) in [5.74, 6) is -2.67. The molecular formula is C23H21F2N5O4S. The van der Waals surface area contributed by atoms with Crippen molar-refractivity contribution >= 4 is 38.5 Å². The second-order valence-electron chi connectivity index (χ2n) is 7.57. The van der Waals surface area contributed by atoms with Crippen LogP contribution in [-0.4, -0.2) is 42.1 Å². The van der Waals surface area contributed by atoms with E-state index >= 15 is 0 Å². The van der Waals surface area contributed by atoms with Crippen molar-refractivity contribution in [3.05, 3.63) is 65.9 Å². The molecule has 2 aromatic carbocycles. The van der Waals surface area contributed by atoms with Crippen molar-refractivity contribution < 1.29 is 26.7 Å². The van der Waals surface area contributed by atoms with Crippen LogP contribution in [0.1, 0.15) is 23.7 Å². The molecular weight excluding hydrogens is 480 g/mol. The van der Waals surface area contributed by atoms with E-state index in [2.05, 4.69) is 20.3 Å². The molecule has 0 unspecified atom stereocenters. The Morgan fingerprint density at radius 2 is 1.97 bits per heavy atom. The van der Waals surface area contributed by atoms with Crippen molar-refractivity contribution in [3.63, 3.8) is 0 Å². The molecule has 4 rings (SSSR count). The molecule has 9 nitrogen and oxygen atoms in total. The van der Waals surface area contributed by atoms with Crippen LogP contribution in [0, 0.1) is 11.6 Å². The van der Waals surface area contributed by atoms with Crippen LogP contribution in [0.4, 0.5) is 20.2 Å². The summed E-state index contributed by atoms with van der Waals surface area (Å²) in [6, 6.07) is 10.4. The van der Waals surface area contributed by atoms with Gasteiger partial charge in [-0.2, -0.15) is 0 Å². The highest BCUT2D eigenvalue weighted by Gasteiger charge is 2.23. The molecule has 182 valence electrons. The van der Waals surface area contributed by atoms with Gasteiger partial charge in [0.05, 0.1) is 30.4 Å². The van der Waals surface area contributed by atoms with E-state index in [0.717, 1.165) is 17.7 Å². The molecule has 0 atom stereocenters. The normalized spacial score (nSPS) is 11.4. The van der Waals surface area contributed by atoms with Gasteiger partial charge in [-0.25, -0.2) is 27.2 Å². The lowest BCUT2D eigenvalue weighted by Gasteiger charge is -2.12. The van der Waals surface area contributed by atoms with Crippen LogP contribution in [-0.2, 0) is 10.0 Å². The van der Waals surface area contributed by atoms with Gasteiger partial charge in [0.25, 0.3) is 5.91 Å². The van der Waals surface area contributed by atoms with E-state index in [1.54, 1.807) is 32.2 Å². The number of hydrogen-bond donors (Lipinski definition) is 3. The fraction of sp³-hybridized carbons (Fsp3) is 0.174. The number of H-pyrrole nitrogens is 1. The van der Waals surface area contributed by atoms with Crippen molar-refractivity contribution in [1.82, 2.24) is 15.0 Å². The van der Waals surface area contributed by atoms with Crippen LogP contribution < -0.4 is 14.8 Å². The lowest BCUT2D eigenvalue weighted by atomic mass is 10.1. The van der Waals surface area contributed by atoms with Gasteiger partial charge in [0, 0.05) is 5.56 Å². The number of carbonyl (C=O) groups is 1. The van der Waals surface area contributed by atoms with Gasteiger partial charge in [0.1, 0.15) is 28.5 Å². The van der Waals surface area contributed by atoms with Gasteiger partial charge >= 0.3 is 0 Å². The lowest BCUT2D eigenvalue weighted by Crippen LogP contribution is -2.20. The highest BCUT2D eigenvalue weighted by Crippen LogP contribution is 2.26. The number of halogens is 2. The van der Waals surface area contributed by atoms with Crippen molar-refractivity contribution in [2.75, 3.05) is 22.9 Å². The maximum Gasteiger partial charge on any atom is 0.261 e. The second kappa shape index (κ2) is 9.66. The van der Waals surface area contributed by atoms with E-state index in [9.17, 15) is 22.0 Å². The maximum atomic E-state index is 14.9. The topological polar surface area (TPSA) is 126 Å².